The number of hydrogen-bond donors (Lipinski definition) is 0. The second-order valence-electron chi connectivity index (χ2n) is 1.19. The van der Waals surface area contributed by atoms with Crippen LogP contribution in [0.15, 0.2) is 0 Å². The third kappa shape index (κ3) is 11.9. The molecule has 52 valence electrons. The minimum absolute atomic E-state index is 0. The van der Waals surface area contributed by atoms with Crippen molar-refractivity contribution < 1.29 is 18.9 Å². The molecule has 0 bridgehead atoms. The van der Waals surface area contributed by atoms with Gasteiger partial charge in [0.2, 0.25) is 0 Å². The second-order valence-corrected chi connectivity index (χ2v) is 2.34. The fraction of sp³-hybridized carbons (Fsp3) is 0.667. The monoisotopic (exact) mass is 287 g/mol. The van der Waals surface area contributed by atoms with Crippen molar-refractivity contribution in [3.8, 4) is 6.07 Å². The van der Waals surface area contributed by atoms with Gasteiger partial charge in [-0.05, 0) is 0 Å². The third-order valence-corrected chi connectivity index (χ3v) is 0.962. The van der Waals surface area contributed by atoms with Gasteiger partial charge in [0.25, 0.3) is 0 Å². The molecule has 0 fully saturated rings. The van der Waals surface area contributed by atoms with E-state index in [1.54, 1.807) is 6.07 Å². The van der Waals surface area contributed by atoms with Crippen LogP contribution in [-0.4, -0.2) is 55.5 Å². The molecule has 10 heavy (non-hydrogen) atoms. The van der Waals surface area contributed by atoms with E-state index in [2.05, 4.69) is 4.52 Å². The quantitative estimate of drug-likeness (QED) is 0.352. The summed E-state index contributed by atoms with van der Waals surface area (Å²) >= 11 is 0. The number of phosphoric acid groups is 1. The van der Waals surface area contributed by atoms with Crippen molar-refractivity contribution in [3.05, 3.63) is 0 Å². The molecule has 0 amide bonds. The van der Waals surface area contributed by atoms with E-state index in [1.165, 1.54) is 0 Å². The van der Waals surface area contributed by atoms with Crippen molar-refractivity contribution in [2.45, 2.75) is 6.42 Å². The van der Waals surface area contributed by atoms with Gasteiger partial charge in [0.1, 0.15) is 0 Å². The van der Waals surface area contributed by atoms with Gasteiger partial charge < -0.3 is 18.9 Å². The number of rotatable bonds is 3. The van der Waals surface area contributed by atoms with E-state index in [0.717, 1.165) is 0 Å². The molecule has 0 saturated carbocycles. The van der Waals surface area contributed by atoms with Crippen LogP contribution in [0, 0.1) is 11.3 Å². The molecule has 0 aromatic carbocycles. The van der Waals surface area contributed by atoms with Crippen LogP contribution in [-0.2, 0) is 9.09 Å². The van der Waals surface area contributed by atoms with E-state index in [4.69, 9.17) is 5.26 Å². The van der Waals surface area contributed by atoms with E-state index >= 15 is 0 Å². The Bertz CT molecular complexity index is 160. The van der Waals surface area contributed by atoms with Crippen LogP contribution in [0.1, 0.15) is 6.42 Å². The number of phosphoric ester groups is 1. The average Bonchev–Trinajstić information content (AvgIpc) is 1.63. The van der Waals surface area contributed by atoms with E-state index in [-0.39, 0.29) is 61.9 Å². The van der Waals surface area contributed by atoms with Gasteiger partial charge in [0.15, 0.2) is 0 Å². The van der Waals surface area contributed by atoms with Gasteiger partial charge in [-0.2, -0.15) is 5.26 Å². The largest absolute Gasteiger partial charge is 2.00 e. The first-order chi connectivity index (χ1) is 4.06. The van der Waals surface area contributed by atoms with Crippen molar-refractivity contribution in [2.75, 3.05) is 6.61 Å². The Morgan fingerprint density at radius 2 is 2.10 bits per heavy atom. The Hall–Kier alpha value is 1.17. The van der Waals surface area contributed by atoms with Crippen LogP contribution in [0.2, 0.25) is 0 Å². The van der Waals surface area contributed by atoms with Crippen LogP contribution < -0.4 is 9.79 Å². The smallest absolute Gasteiger partial charge is 0.790 e. The molecule has 5 nitrogen and oxygen atoms in total. The molecule has 0 aliphatic rings. The maximum atomic E-state index is 9.65. The zero-order valence-electron chi connectivity index (χ0n) is 5.15. The molecule has 0 aromatic rings. The first-order valence-corrected chi connectivity index (χ1v) is 3.56. The SMILES string of the molecule is N#CCCOP(=O)([O-])[O-].[Ba+2]. The van der Waals surface area contributed by atoms with E-state index in [9.17, 15) is 14.4 Å². The molecule has 0 atom stereocenters. The molecule has 0 aliphatic heterocycles. The van der Waals surface area contributed by atoms with Gasteiger partial charge in [0.05, 0.1) is 26.9 Å². The molecule has 0 spiro atoms. The van der Waals surface area contributed by atoms with Crippen LogP contribution >= 0.6 is 7.82 Å². The normalized spacial score (nSPS) is 9.70. The maximum Gasteiger partial charge on any atom is 2.00 e. The van der Waals surface area contributed by atoms with Gasteiger partial charge in [0, 0.05) is 0 Å². The van der Waals surface area contributed by atoms with E-state index in [0.29, 0.717) is 0 Å². The molecule has 0 heterocycles. The number of nitriles is 1. The van der Waals surface area contributed by atoms with Crippen molar-refractivity contribution in [3.63, 3.8) is 0 Å². The molecule has 0 aliphatic carbocycles. The molecular weight excluding hydrogens is 282 g/mol. The first kappa shape index (κ1) is 13.7. The molecule has 0 saturated heterocycles. The van der Waals surface area contributed by atoms with Crippen LogP contribution in [0.25, 0.3) is 0 Å². The van der Waals surface area contributed by atoms with Gasteiger partial charge in [-0.25, -0.2) is 0 Å². The van der Waals surface area contributed by atoms with E-state index in [1.807, 2.05) is 0 Å². The summed E-state index contributed by atoms with van der Waals surface area (Å²) < 4.78 is 13.3. The van der Waals surface area contributed by atoms with Crippen LogP contribution in [0.5, 0.6) is 0 Å². The van der Waals surface area contributed by atoms with Crippen LogP contribution in [0.3, 0.4) is 0 Å². The number of hydrogen-bond acceptors (Lipinski definition) is 5. The predicted molar refractivity (Wildman–Crippen MR) is 29.5 cm³/mol. The summed E-state index contributed by atoms with van der Waals surface area (Å²) in [6.07, 6.45) is -0.0888. The van der Waals surface area contributed by atoms with Crippen molar-refractivity contribution >= 4 is 56.7 Å². The Morgan fingerprint density at radius 3 is 2.40 bits per heavy atom. The first-order valence-electron chi connectivity index (χ1n) is 2.10. The van der Waals surface area contributed by atoms with Gasteiger partial charge >= 0.3 is 48.9 Å². The molecule has 0 aromatic heterocycles. The summed E-state index contributed by atoms with van der Waals surface area (Å²) in [6, 6.07) is 1.62. The van der Waals surface area contributed by atoms with Crippen molar-refractivity contribution in [2.24, 2.45) is 0 Å². The Morgan fingerprint density at radius 1 is 1.60 bits per heavy atom. The zero-order valence-corrected chi connectivity index (χ0v) is 10.5. The Kier molecular flexibility index (Phi) is 9.42. The minimum atomic E-state index is -4.85. The summed E-state index contributed by atoms with van der Waals surface area (Å²) in [6.45, 7) is -0.346. The fourth-order valence-corrected chi connectivity index (χ4v) is 0.518. The van der Waals surface area contributed by atoms with E-state index < -0.39 is 7.82 Å². The molecule has 0 radical (unpaired) electrons. The van der Waals surface area contributed by atoms with Crippen LogP contribution in [0.4, 0.5) is 0 Å². The molecule has 0 N–H and O–H groups in total. The Balaban J connectivity index is 0. The summed E-state index contributed by atoms with van der Waals surface area (Å²) in [5.74, 6) is 0. The summed E-state index contributed by atoms with van der Waals surface area (Å²) in [4.78, 5) is 19.3. The van der Waals surface area contributed by atoms with Crippen molar-refractivity contribution in [1.29, 1.82) is 5.26 Å². The molecule has 7 heteroatoms. The number of nitrogens with zero attached hydrogens (tertiary/aromatic N) is 1. The fourth-order valence-electron chi connectivity index (χ4n) is 0.203. The molecule has 0 rings (SSSR count). The summed E-state index contributed by atoms with van der Waals surface area (Å²) in [5, 5.41) is 7.84. The summed E-state index contributed by atoms with van der Waals surface area (Å²) in [5.41, 5.74) is 0. The van der Waals surface area contributed by atoms with Gasteiger partial charge in [-0.3, -0.25) is 0 Å². The average molecular weight is 286 g/mol. The predicted octanol–water partition coefficient (Wildman–Crippen LogP) is -1.64. The topological polar surface area (TPSA) is 96.2 Å². The Labute approximate surface area is 98.7 Å². The summed E-state index contributed by atoms with van der Waals surface area (Å²) in [7, 11) is -4.85. The minimum Gasteiger partial charge on any atom is -0.790 e. The maximum absolute atomic E-state index is 9.65. The zero-order chi connectivity index (χ0) is 7.33. The van der Waals surface area contributed by atoms with Crippen molar-refractivity contribution in [1.82, 2.24) is 0 Å². The third-order valence-electron chi connectivity index (χ3n) is 0.463. The second kappa shape index (κ2) is 6.86. The van der Waals surface area contributed by atoms with Gasteiger partial charge in [-0.1, -0.05) is 0 Å². The molecule has 0 unspecified atom stereocenters. The van der Waals surface area contributed by atoms with Gasteiger partial charge in [-0.15, -0.1) is 0 Å². The molecular formula is C3H4BaNO4P. The standard InChI is InChI=1S/C3H6NO4P.Ba/c4-2-1-3-8-9(5,6)7;/h1,3H2,(H2,5,6,7);/q;+2/p-2.